The van der Waals surface area contributed by atoms with Crippen LogP contribution in [0.1, 0.15) is 32.6 Å². The third-order valence-electron chi connectivity index (χ3n) is 5.18. The highest BCUT2D eigenvalue weighted by Crippen LogP contribution is 2.38. The summed E-state index contributed by atoms with van der Waals surface area (Å²) >= 11 is 1.69. The van der Waals surface area contributed by atoms with Crippen molar-refractivity contribution >= 4 is 23.6 Å². The van der Waals surface area contributed by atoms with Crippen LogP contribution in [-0.2, 0) is 9.59 Å². The third kappa shape index (κ3) is 2.80. The van der Waals surface area contributed by atoms with Crippen LogP contribution in [0.15, 0.2) is 0 Å². The molecule has 2 N–H and O–H groups in total. The van der Waals surface area contributed by atoms with Gasteiger partial charge in [0.05, 0.1) is 5.88 Å². The highest BCUT2D eigenvalue weighted by molar-refractivity contribution is 7.99. The molecule has 6 heteroatoms. The molecule has 0 bridgehead atoms. The molecule has 4 atom stereocenters. The van der Waals surface area contributed by atoms with Crippen LogP contribution < -0.4 is 5.73 Å². The van der Waals surface area contributed by atoms with Crippen molar-refractivity contribution in [2.24, 2.45) is 17.6 Å². The van der Waals surface area contributed by atoms with Gasteiger partial charge in [-0.15, -0.1) is 11.8 Å². The van der Waals surface area contributed by atoms with Crippen molar-refractivity contribution in [3.63, 3.8) is 0 Å². The summed E-state index contributed by atoms with van der Waals surface area (Å²) in [5.41, 5.74) is 6.14. The van der Waals surface area contributed by atoms with Gasteiger partial charge in [0, 0.05) is 31.3 Å². The standard InChI is InChI=1S/C15H25N3O2S/c1-2-3-14(19)18-9-21-8-13(18)15(20)17-6-10-4-5-12(16)11(10)7-17/h10-13H,2-9,16H2,1H3. The predicted molar refractivity (Wildman–Crippen MR) is 83.6 cm³/mol. The van der Waals surface area contributed by atoms with Crippen LogP contribution in [-0.4, -0.2) is 58.4 Å². The fourth-order valence-electron chi connectivity index (χ4n) is 3.95. The highest BCUT2D eigenvalue weighted by Gasteiger charge is 2.45. The number of likely N-dealkylation sites (tertiary alicyclic amines) is 1. The van der Waals surface area contributed by atoms with Crippen molar-refractivity contribution in [3.05, 3.63) is 0 Å². The zero-order valence-corrected chi connectivity index (χ0v) is 13.5. The SMILES string of the molecule is CCCC(=O)N1CSCC1C(=O)N1CC2CCC(N)C2C1. The molecule has 21 heavy (non-hydrogen) atoms. The minimum absolute atomic E-state index is 0.122. The fourth-order valence-corrected chi connectivity index (χ4v) is 5.12. The molecule has 1 saturated carbocycles. The topological polar surface area (TPSA) is 66.6 Å². The zero-order valence-electron chi connectivity index (χ0n) is 12.7. The molecule has 4 unspecified atom stereocenters. The Morgan fingerprint density at radius 2 is 2.10 bits per heavy atom. The molecule has 3 fully saturated rings. The number of carbonyl (C=O) groups excluding carboxylic acids is 2. The second-order valence-corrected chi connectivity index (χ2v) is 7.54. The van der Waals surface area contributed by atoms with E-state index in [9.17, 15) is 9.59 Å². The number of hydrogen-bond acceptors (Lipinski definition) is 4. The predicted octanol–water partition coefficient (Wildman–Crippen LogP) is 0.884. The molecular weight excluding hydrogens is 286 g/mol. The van der Waals surface area contributed by atoms with Gasteiger partial charge in [0.15, 0.2) is 0 Å². The molecule has 0 aromatic carbocycles. The number of thioether (sulfide) groups is 1. The fraction of sp³-hybridized carbons (Fsp3) is 0.867. The van der Waals surface area contributed by atoms with E-state index < -0.39 is 0 Å². The molecule has 118 valence electrons. The number of carbonyl (C=O) groups is 2. The molecule has 2 aliphatic heterocycles. The van der Waals surface area contributed by atoms with Crippen LogP contribution in [0.5, 0.6) is 0 Å². The molecule has 0 aromatic heterocycles. The normalized spacial score (nSPS) is 35.3. The van der Waals surface area contributed by atoms with Crippen LogP contribution >= 0.6 is 11.8 Å². The Kier molecular flexibility index (Phi) is 4.45. The summed E-state index contributed by atoms with van der Waals surface area (Å²) in [6.45, 7) is 3.64. The molecule has 2 amide bonds. The van der Waals surface area contributed by atoms with E-state index in [-0.39, 0.29) is 23.9 Å². The summed E-state index contributed by atoms with van der Waals surface area (Å²) in [5, 5.41) is 0. The number of fused-ring (bicyclic) bond motifs is 1. The van der Waals surface area contributed by atoms with E-state index in [0.717, 1.165) is 38.1 Å². The van der Waals surface area contributed by atoms with E-state index in [2.05, 4.69) is 0 Å². The maximum absolute atomic E-state index is 12.8. The van der Waals surface area contributed by atoms with E-state index in [1.807, 2.05) is 11.8 Å². The van der Waals surface area contributed by atoms with Gasteiger partial charge in [-0.05, 0) is 31.1 Å². The molecule has 0 radical (unpaired) electrons. The first-order chi connectivity index (χ1) is 10.1. The molecule has 1 aliphatic carbocycles. The monoisotopic (exact) mass is 311 g/mol. The molecule has 3 aliphatic rings. The summed E-state index contributed by atoms with van der Waals surface area (Å²) < 4.78 is 0. The Labute approximate surface area is 130 Å². The van der Waals surface area contributed by atoms with Crippen molar-refractivity contribution in [2.45, 2.75) is 44.7 Å². The Hall–Kier alpha value is -0.750. The van der Waals surface area contributed by atoms with E-state index >= 15 is 0 Å². The van der Waals surface area contributed by atoms with Crippen LogP contribution in [0.3, 0.4) is 0 Å². The first-order valence-corrected chi connectivity index (χ1v) is 9.18. The maximum atomic E-state index is 12.8. The maximum Gasteiger partial charge on any atom is 0.246 e. The Balaban J connectivity index is 1.64. The minimum atomic E-state index is -0.246. The number of nitrogens with two attached hydrogens (primary N) is 1. The third-order valence-corrected chi connectivity index (χ3v) is 6.19. The molecule has 3 rings (SSSR count). The first kappa shape index (κ1) is 15.2. The van der Waals surface area contributed by atoms with Crippen molar-refractivity contribution in [1.29, 1.82) is 0 Å². The Morgan fingerprint density at radius 1 is 1.29 bits per heavy atom. The lowest BCUT2D eigenvalue weighted by molar-refractivity contribution is -0.143. The highest BCUT2D eigenvalue weighted by atomic mass is 32.2. The van der Waals surface area contributed by atoms with Crippen molar-refractivity contribution < 1.29 is 9.59 Å². The van der Waals surface area contributed by atoms with Crippen LogP contribution in [0.25, 0.3) is 0 Å². The zero-order chi connectivity index (χ0) is 15.0. The van der Waals surface area contributed by atoms with Gasteiger partial charge in [0.1, 0.15) is 6.04 Å². The minimum Gasteiger partial charge on any atom is -0.340 e. The molecule has 2 heterocycles. The number of nitrogens with zero attached hydrogens (tertiary/aromatic N) is 2. The van der Waals surface area contributed by atoms with Gasteiger partial charge in [0.2, 0.25) is 11.8 Å². The number of hydrogen-bond donors (Lipinski definition) is 1. The van der Waals surface area contributed by atoms with E-state index in [1.165, 1.54) is 0 Å². The lowest BCUT2D eigenvalue weighted by atomic mass is 9.98. The Morgan fingerprint density at radius 3 is 2.81 bits per heavy atom. The largest absolute Gasteiger partial charge is 0.340 e. The quantitative estimate of drug-likeness (QED) is 0.840. The second-order valence-electron chi connectivity index (χ2n) is 6.54. The van der Waals surface area contributed by atoms with Crippen LogP contribution in [0.4, 0.5) is 0 Å². The molecule has 5 nitrogen and oxygen atoms in total. The van der Waals surface area contributed by atoms with Gasteiger partial charge >= 0.3 is 0 Å². The van der Waals surface area contributed by atoms with Crippen LogP contribution in [0, 0.1) is 11.8 Å². The molecule has 2 saturated heterocycles. The van der Waals surface area contributed by atoms with Crippen molar-refractivity contribution in [1.82, 2.24) is 9.80 Å². The first-order valence-electron chi connectivity index (χ1n) is 8.03. The summed E-state index contributed by atoms with van der Waals surface area (Å²) in [6, 6.07) is 0.00711. The number of rotatable bonds is 3. The second kappa shape index (κ2) is 6.16. The smallest absolute Gasteiger partial charge is 0.246 e. The van der Waals surface area contributed by atoms with Gasteiger partial charge in [-0.2, -0.15) is 0 Å². The molecular formula is C15H25N3O2S. The summed E-state index contributed by atoms with van der Waals surface area (Å²) in [6.07, 6.45) is 3.62. The Bertz CT molecular complexity index is 431. The summed E-state index contributed by atoms with van der Waals surface area (Å²) in [4.78, 5) is 28.7. The van der Waals surface area contributed by atoms with E-state index in [4.69, 9.17) is 5.73 Å². The van der Waals surface area contributed by atoms with Gasteiger partial charge in [0.25, 0.3) is 0 Å². The van der Waals surface area contributed by atoms with Crippen molar-refractivity contribution in [2.75, 3.05) is 24.7 Å². The molecule has 0 spiro atoms. The average molecular weight is 311 g/mol. The van der Waals surface area contributed by atoms with Gasteiger partial charge in [-0.3, -0.25) is 9.59 Å². The van der Waals surface area contributed by atoms with Gasteiger partial charge in [-0.25, -0.2) is 0 Å². The number of amides is 2. The van der Waals surface area contributed by atoms with Gasteiger partial charge in [-0.1, -0.05) is 6.92 Å². The van der Waals surface area contributed by atoms with Crippen LogP contribution in [0.2, 0.25) is 0 Å². The van der Waals surface area contributed by atoms with Gasteiger partial charge < -0.3 is 15.5 Å². The van der Waals surface area contributed by atoms with Crippen molar-refractivity contribution in [3.8, 4) is 0 Å². The lowest BCUT2D eigenvalue weighted by Gasteiger charge is -2.28. The van der Waals surface area contributed by atoms with E-state index in [0.29, 0.717) is 24.1 Å². The van der Waals surface area contributed by atoms with E-state index in [1.54, 1.807) is 16.7 Å². The summed E-state index contributed by atoms with van der Waals surface area (Å²) in [7, 11) is 0. The summed E-state index contributed by atoms with van der Waals surface area (Å²) in [5.74, 6) is 2.73. The lowest BCUT2D eigenvalue weighted by Crippen LogP contribution is -2.48. The molecule has 0 aromatic rings. The average Bonchev–Trinajstić information content (AvgIpc) is 3.15.